The molecule has 82 valence electrons. The number of nitrogens with two attached hydrogens (primary N) is 1. The highest BCUT2D eigenvalue weighted by molar-refractivity contribution is 7.80. The first-order valence-electron chi connectivity index (χ1n) is 4.92. The van der Waals surface area contributed by atoms with Crippen LogP contribution in [-0.2, 0) is 11.2 Å². The maximum absolute atomic E-state index is 11.4. The van der Waals surface area contributed by atoms with Gasteiger partial charge >= 0.3 is 0 Å². The van der Waals surface area contributed by atoms with Crippen LogP contribution >= 0.6 is 12.6 Å². The minimum absolute atomic E-state index is 0.118. The maximum Gasteiger partial charge on any atom is 0.237 e. The highest BCUT2D eigenvalue weighted by atomic mass is 32.1. The van der Waals surface area contributed by atoms with E-state index in [9.17, 15) is 4.79 Å². The number of amides is 1. The molecular weight excluding hydrogens is 208 g/mol. The van der Waals surface area contributed by atoms with Crippen molar-refractivity contribution in [2.45, 2.75) is 12.5 Å². The van der Waals surface area contributed by atoms with Crippen molar-refractivity contribution in [3.05, 3.63) is 35.9 Å². The van der Waals surface area contributed by atoms with Gasteiger partial charge in [-0.1, -0.05) is 30.3 Å². The summed E-state index contributed by atoms with van der Waals surface area (Å²) in [6, 6.07) is 9.27. The molecule has 0 aliphatic heterocycles. The Labute approximate surface area is 95.5 Å². The molecular formula is C11H16N2OS. The average Bonchev–Trinajstić information content (AvgIpc) is 2.27. The highest BCUT2D eigenvalue weighted by Crippen LogP contribution is 2.01. The Kier molecular flexibility index (Phi) is 5.21. The first-order chi connectivity index (χ1) is 7.24. The smallest absolute Gasteiger partial charge is 0.237 e. The van der Waals surface area contributed by atoms with Gasteiger partial charge in [-0.2, -0.15) is 12.6 Å². The molecule has 0 heterocycles. The molecule has 0 aliphatic carbocycles. The van der Waals surface area contributed by atoms with Crippen molar-refractivity contribution in [3.8, 4) is 0 Å². The number of hydrogen-bond acceptors (Lipinski definition) is 3. The van der Waals surface area contributed by atoms with Crippen LogP contribution < -0.4 is 11.1 Å². The van der Waals surface area contributed by atoms with Crippen molar-refractivity contribution in [3.63, 3.8) is 0 Å². The summed E-state index contributed by atoms with van der Waals surface area (Å²) >= 11 is 4.01. The second-order valence-electron chi connectivity index (χ2n) is 3.31. The van der Waals surface area contributed by atoms with Gasteiger partial charge < -0.3 is 11.1 Å². The van der Waals surface area contributed by atoms with Crippen LogP contribution in [0.1, 0.15) is 5.56 Å². The minimum Gasteiger partial charge on any atom is -0.354 e. The number of hydrogen-bond donors (Lipinski definition) is 3. The van der Waals surface area contributed by atoms with E-state index in [0.717, 1.165) is 5.56 Å². The fourth-order valence-corrected chi connectivity index (χ4v) is 1.38. The first-order valence-corrected chi connectivity index (χ1v) is 5.55. The van der Waals surface area contributed by atoms with Crippen molar-refractivity contribution >= 4 is 18.5 Å². The second-order valence-corrected chi connectivity index (χ2v) is 3.76. The van der Waals surface area contributed by atoms with Crippen LogP contribution in [0.3, 0.4) is 0 Å². The van der Waals surface area contributed by atoms with Gasteiger partial charge in [0.15, 0.2) is 0 Å². The number of benzene rings is 1. The van der Waals surface area contributed by atoms with E-state index in [1.807, 2.05) is 30.3 Å². The molecule has 1 amide bonds. The molecule has 0 radical (unpaired) electrons. The topological polar surface area (TPSA) is 55.1 Å². The van der Waals surface area contributed by atoms with Crippen LogP contribution in [0.4, 0.5) is 0 Å². The third-order valence-corrected chi connectivity index (χ3v) is 2.27. The lowest BCUT2D eigenvalue weighted by molar-refractivity contribution is -0.122. The molecule has 0 saturated heterocycles. The largest absolute Gasteiger partial charge is 0.354 e. The van der Waals surface area contributed by atoms with E-state index < -0.39 is 6.04 Å². The summed E-state index contributed by atoms with van der Waals surface area (Å²) in [5.41, 5.74) is 6.83. The van der Waals surface area contributed by atoms with Crippen LogP contribution in [-0.4, -0.2) is 24.2 Å². The van der Waals surface area contributed by atoms with Gasteiger partial charge in [0, 0.05) is 12.3 Å². The van der Waals surface area contributed by atoms with E-state index in [1.165, 1.54) is 0 Å². The standard InChI is InChI=1S/C11H16N2OS/c12-10(11(14)13-6-7-15)8-9-4-2-1-3-5-9/h1-5,10,15H,6-8,12H2,(H,13,14)/t10-/m1/s1. The number of carbonyl (C=O) groups excluding carboxylic acids is 1. The lowest BCUT2D eigenvalue weighted by Crippen LogP contribution is -2.42. The predicted octanol–water partition coefficient (Wildman–Crippen LogP) is 0.602. The van der Waals surface area contributed by atoms with Gasteiger partial charge in [-0.25, -0.2) is 0 Å². The lowest BCUT2D eigenvalue weighted by atomic mass is 10.1. The third kappa shape index (κ3) is 4.36. The van der Waals surface area contributed by atoms with Gasteiger partial charge in [0.1, 0.15) is 0 Å². The van der Waals surface area contributed by atoms with Crippen LogP contribution in [0.15, 0.2) is 30.3 Å². The maximum atomic E-state index is 11.4. The van der Waals surface area contributed by atoms with Crippen molar-refractivity contribution < 1.29 is 4.79 Å². The Morgan fingerprint density at radius 2 is 2.07 bits per heavy atom. The Bertz CT molecular complexity index is 303. The van der Waals surface area contributed by atoms with Crippen LogP contribution in [0.25, 0.3) is 0 Å². The van der Waals surface area contributed by atoms with Crippen molar-refractivity contribution in [1.29, 1.82) is 0 Å². The van der Waals surface area contributed by atoms with Crippen LogP contribution in [0.2, 0.25) is 0 Å². The molecule has 4 heteroatoms. The van der Waals surface area contributed by atoms with E-state index in [0.29, 0.717) is 18.7 Å². The van der Waals surface area contributed by atoms with Crippen LogP contribution in [0, 0.1) is 0 Å². The molecule has 1 aromatic rings. The van der Waals surface area contributed by atoms with E-state index >= 15 is 0 Å². The van der Waals surface area contributed by atoms with Gasteiger partial charge in [0.05, 0.1) is 6.04 Å². The number of carbonyl (C=O) groups is 1. The van der Waals surface area contributed by atoms with Crippen molar-refractivity contribution in [2.75, 3.05) is 12.3 Å². The summed E-state index contributed by atoms with van der Waals surface area (Å²) in [5.74, 6) is 0.511. The number of nitrogens with one attached hydrogen (secondary N) is 1. The molecule has 1 rings (SSSR count). The normalized spacial score (nSPS) is 12.1. The van der Waals surface area contributed by atoms with Gasteiger partial charge in [0.2, 0.25) is 5.91 Å². The van der Waals surface area contributed by atoms with Crippen LogP contribution in [0.5, 0.6) is 0 Å². The molecule has 15 heavy (non-hydrogen) atoms. The fraction of sp³-hybridized carbons (Fsp3) is 0.364. The molecule has 0 spiro atoms. The van der Waals surface area contributed by atoms with Crippen molar-refractivity contribution in [1.82, 2.24) is 5.32 Å². The number of rotatable bonds is 5. The van der Waals surface area contributed by atoms with Crippen molar-refractivity contribution in [2.24, 2.45) is 5.73 Å². The molecule has 0 unspecified atom stereocenters. The van der Waals surface area contributed by atoms with E-state index in [4.69, 9.17) is 5.73 Å². The molecule has 1 aromatic carbocycles. The number of thiol groups is 1. The zero-order chi connectivity index (χ0) is 11.1. The molecule has 3 N–H and O–H groups in total. The summed E-state index contributed by atoms with van der Waals surface area (Å²) in [6.45, 7) is 0.560. The third-order valence-electron chi connectivity index (χ3n) is 2.05. The average molecular weight is 224 g/mol. The Morgan fingerprint density at radius 3 is 2.67 bits per heavy atom. The summed E-state index contributed by atoms with van der Waals surface area (Å²) < 4.78 is 0. The molecule has 0 aromatic heterocycles. The minimum atomic E-state index is -0.479. The van der Waals surface area contributed by atoms with Gasteiger partial charge in [0.25, 0.3) is 0 Å². The van der Waals surface area contributed by atoms with E-state index in [1.54, 1.807) is 0 Å². The quantitative estimate of drug-likeness (QED) is 0.642. The van der Waals surface area contributed by atoms with E-state index in [-0.39, 0.29) is 5.91 Å². The molecule has 0 aliphatic rings. The molecule has 0 saturated carbocycles. The summed E-state index contributed by atoms with van der Waals surface area (Å²) in [4.78, 5) is 11.4. The van der Waals surface area contributed by atoms with Gasteiger partial charge in [-0.15, -0.1) is 0 Å². The zero-order valence-corrected chi connectivity index (χ0v) is 9.41. The molecule has 0 bridgehead atoms. The monoisotopic (exact) mass is 224 g/mol. The molecule has 0 fully saturated rings. The van der Waals surface area contributed by atoms with Gasteiger partial charge in [-0.05, 0) is 12.0 Å². The first kappa shape index (κ1) is 12.1. The lowest BCUT2D eigenvalue weighted by Gasteiger charge is -2.11. The summed E-state index contributed by atoms with van der Waals surface area (Å²) in [7, 11) is 0. The summed E-state index contributed by atoms with van der Waals surface area (Å²) in [5, 5.41) is 2.71. The second kappa shape index (κ2) is 6.48. The SMILES string of the molecule is N[C@H](Cc1ccccc1)C(=O)NCCS. The Balaban J connectivity index is 2.41. The summed E-state index contributed by atoms with van der Waals surface area (Å²) in [6.07, 6.45) is 0.569. The molecule has 1 atom stereocenters. The van der Waals surface area contributed by atoms with E-state index in [2.05, 4.69) is 17.9 Å². The zero-order valence-electron chi connectivity index (χ0n) is 8.52. The Morgan fingerprint density at radius 1 is 1.40 bits per heavy atom. The highest BCUT2D eigenvalue weighted by Gasteiger charge is 2.12. The fourth-order valence-electron chi connectivity index (χ4n) is 1.27. The Hall–Kier alpha value is -1.00. The predicted molar refractivity (Wildman–Crippen MR) is 65.0 cm³/mol. The molecule has 3 nitrogen and oxygen atoms in total. The van der Waals surface area contributed by atoms with Gasteiger partial charge in [-0.3, -0.25) is 4.79 Å².